The summed E-state index contributed by atoms with van der Waals surface area (Å²) in [7, 11) is -3.88. The number of pyridine rings is 1. The number of hydrogen-bond donors (Lipinski definition) is 3. The molecule has 1 atom stereocenters. The van der Waals surface area contributed by atoms with Crippen molar-refractivity contribution < 1.29 is 17.9 Å². The first kappa shape index (κ1) is 24.2. The average molecular weight is 527 g/mol. The number of aromatic amines is 1. The van der Waals surface area contributed by atoms with Gasteiger partial charge in [-0.2, -0.15) is 5.10 Å². The predicted molar refractivity (Wildman–Crippen MR) is 136 cm³/mol. The average Bonchev–Trinajstić information content (AvgIpc) is 3.35. The van der Waals surface area contributed by atoms with E-state index in [9.17, 15) is 13.2 Å². The molecule has 4 N–H and O–H groups in total. The Hall–Kier alpha value is -3.51. The van der Waals surface area contributed by atoms with Gasteiger partial charge in [-0.3, -0.25) is 19.5 Å². The summed E-state index contributed by atoms with van der Waals surface area (Å²) >= 11 is 6.25. The third-order valence-electron chi connectivity index (χ3n) is 6.04. The van der Waals surface area contributed by atoms with Crippen molar-refractivity contribution in [2.24, 2.45) is 5.73 Å². The van der Waals surface area contributed by atoms with E-state index >= 15 is 0 Å². The summed E-state index contributed by atoms with van der Waals surface area (Å²) in [6.45, 7) is 2.13. The van der Waals surface area contributed by atoms with Crippen molar-refractivity contribution in [3.63, 3.8) is 0 Å². The quantitative estimate of drug-likeness (QED) is 0.314. The second-order valence-electron chi connectivity index (χ2n) is 8.33. The van der Waals surface area contributed by atoms with E-state index in [0.29, 0.717) is 48.5 Å². The van der Waals surface area contributed by atoms with Crippen LogP contribution in [0.5, 0.6) is 0 Å². The lowest BCUT2D eigenvalue weighted by molar-refractivity contribution is -0.125. The zero-order chi connectivity index (χ0) is 25.3. The Bertz CT molecular complexity index is 1520. The van der Waals surface area contributed by atoms with Crippen molar-refractivity contribution in [2.75, 3.05) is 31.0 Å². The highest BCUT2D eigenvalue weighted by Gasteiger charge is 2.30. The van der Waals surface area contributed by atoms with Crippen LogP contribution in [0.2, 0.25) is 5.15 Å². The fraction of sp³-hybridized carbons (Fsp3) is 0.208. The number of ether oxygens (including phenoxy) is 1. The molecular weight excluding hydrogens is 504 g/mol. The molecular formula is C24H23ClN6O4S. The van der Waals surface area contributed by atoms with Crippen LogP contribution < -0.4 is 10.5 Å². The second kappa shape index (κ2) is 9.86. The van der Waals surface area contributed by atoms with E-state index in [0.717, 1.165) is 5.39 Å². The number of benzene rings is 2. The number of anilines is 1. The molecule has 0 radical (unpaired) electrons. The summed E-state index contributed by atoms with van der Waals surface area (Å²) in [6.07, 6.45) is 3.20. The van der Waals surface area contributed by atoms with Crippen LogP contribution in [0, 0.1) is 0 Å². The molecule has 1 aliphatic heterocycles. The fourth-order valence-electron chi connectivity index (χ4n) is 4.32. The van der Waals surface area contributed by atoms with Crippen molar-refractivity contribution >= 4 is 44.1 Å². The van der Waals surface area contributed by atoms with E-state index in [1.54, 1.807) is 30.5 Å². The number of amides is 1. The minimum absolute atomic E-state index is 0.00410. The molecule has 3 heterocycles. The normalized spacial score (nSPS) is 15.6. The molecule has 0 spiro atoms. The van der Waals surface area contributed by atoms with Gasteiger partial charge >= 0.3 is 0 Å². The summed E-state index contributed by atoms with van der Waals surface area (Å²) in [5, 5.41) is 7.87. The van der Waals surface area contributed by atoms with Crippen molar-refractivity contribution in [3.8, 4) is 11.1 Å². The first-order valence-electron chi connectivity index (χ1n) is 11.2. The van der Waals surface area contributed by atoms with E-state index in [2.05, 4.69) is 19.9 Å². The summed E-state index contributed by atoms with van der Waals surface area (Å²) < 4.78 is 33.7. The van der Waals surface area contributed by atoms with Gasteiger partial charge in [0.1, 0.15) is 6.04 Å². The van der Waals surface area contributed by atoms with Gasteiger partial charge < -0.3 is 10.5 Å². The van der Waals surface area contributed by atoms with Crippen LogP contribution in [-0.2, 0) is 19.6 Å². The van der Waals surface area contributed by atoms with Gasteiger partial charge in [0.25, 0.3) is 10.0 Å². The van der Waals surface area contributed by atoms with E-state index in [4.69, 9.17) is 22.1 Å². The Kier molecular flexibility index (Phi) is 6.63. The number of nitrogens with zero attached hydrogens (tertiary/aromatic N) is 3. The maximum Gasteiger partial charge on any atom is 0.261 e. The maximum absolute atomic E-state index is 12.9. The number of primary amides is 1. The van der Waals surface area contributed by atoms with Gasteiger partial charge in [-0.15, -0.1) is 0 Å². The molecule has 2 aromatic heterocycles. The minimum Gasteiger partial charge on any atom is -0.379 e. The summed E-state index contributed by atoms with van der Waals surface area (Å²) in [6, 6.07) is 12.6. The summed E-state index contributed by atoms with van der Waals surface area (Å²) in [5.74, 6) is -0.484. The van der Waals surface area contributed by atoms with Crippen molar-refractivity contribution in [3.05, 3.63) is 71.6 Å². The van der Waals surface area contributed by atoms with Gasteiger partial charge in [0.2, 0.25) is 5.91 Å². The molecule has 1 fully saturated rings. The number of aromatic nitrogens is 3. The van der Waals surface area contributed by atoms with Crippen LogP contribution >= 0.6 is 11.6 Å². The molecule has 1 unspecified atom stereocenters. The number of nitrogens with one attached hydrogen (secondary N) is 2. The van der Waals surface area contributed by atoms with Crippen LogP contribution in [0.1, 0.15) is 11.6 Å². The first-order valence-corrected chi connectivity index (χ1v) is 13.0. The Labute approximate surface area is 212 Å². The molecule has 0 aliphatic carbocycles. The molecule has 10 nitrogen and oxygen atoms in total. The number of morpholine rings is 1. The van der Waals surface area contributed by atoms with Gasteiger partial charge in [0, 0.05) is 30.2 Å². The smallest absolute Gasteiger partial charge is 0.261 e. The molecule has 1 amide bonds. The lowest BCUT2D eigenvalue weighted by Gasteiger charge is -2.33. The lowest BCUT2D eigenvalue weighted by atomic mass is 9.95. The van der Waals surface area contributed by atoms with Crippen molar-refractivity contribution in [1.29, 1.82) is 0 Å². The highest BCUT2D eigenvalue weighted by atomic mass is 35.5. The van der Waals surface area contributed by atoms with Crippen LogP contribution in [-0.4, -0.2) is 60.7 Å². The molecule has 36 heavy (non-hydrogen) atoms. The molecule has 2 aromatic carbocycles. The second-order valence-corrected chi connectivity index (χ2v) is 10.4. The highest BCUT2D eigenvalue weighted by Crippen LogP contribution is 2.35. The third-order valence-corrected chi connectivity index (χ3v) is 7.72. The maximum atomic E-state index is 12.9. The van der Waals surface area contributed by atoms with Gasteiger partial charge in [-0.05, 0) is 41.5 Å². The molecule has 186 valence electrons. The Balaban J connectivity index is 1.57. The topological polar surface area (TPSA) is 143 Å². The van der Waals surface area contributed by atoms with Gasteiger partial charge in [0.05, 0.1) is 35.5 Å². The Morgan fingerprint density at radius 3 is 2.58 bits per heavy atom. The van der Waals surface area contributed by atoms with Crippen LogP contribution in [0.4, 0.5) is 5.69 Å². The van der Waals surface area contributed by atoms with E-state index in [1.807, 2.05) is 17.0 Å². The lowest BCUT2D eigenvalue weighted by Crippen LogP contribution is -2.44. The molecule has 0 saturated carbocycles. The molecule has 5 rings (SSSR count). The molecule has 12 heteroatoms. The SMILES string of the molecule is NC(=O)C(c1cc(-c2cnc(Cl)c(NS(=O)(=O)c3ccccc3)c2)cc2[nH]ncc12)N1CCOCC1. The minimum atomic E-state index is -3.88. The number of halogens is 1. The highest BCUT2D eigenvalue weighted by molar-refractivity contribution is 7.92. The number of fused-ring (bicyclic) bond motifs is 1. The van der Waals surface area contributed by atoms with Gasteiger partial charge in [-0.25, -0.2) is 13.4 Å². The van der Waals surface area contributed by atoms with E-state index in [-0.39, 0.29) is 15.7 Å². The van der Waals surface area contributed by atoms with E-state index in [1.165, 1.54) is 18.3 Å². The predicted octanol–water partition coefficient (Wildman–Crippen LogP) is 2.94. The summed E-state index contributed by atoms with van der Waals surface area (Å²) in [5.41, 5.74) is 8.65. The summed E-state index contributed by atoms with van der Waals surface area (Å²) in [4.78, 5) is 18.9. The van der Waals surface area contributed by atoms with Gasteiger partial charge in [-0.1, -0.05) is 29.8 Å². The Morgan fingerprint density at radius 2 is 1.86 bits per heavy atom. The number of hydrogen-bond acceptors (Lipinski definition) is 7. The van der Waals surface area contributed by atoms with Crippen LogP contribution in [0.25, 0.3) is 22.0 Å². The fourth-order valence-corrected chi connectivity index (χ4v) is 5.60. The number of sulfonamides is 1. The number of carbonyl (C=O) groups excluding carboxylic acids is 1. The number of nitrogens with two attached hydrogens (primary N) is 1. The first-order chi connectivity index (χ1) is 17.3. The van der Waals surface area contributed by atoms with Gasteiger partial charge in [0.15, 0.2) is 5.15 Å². The number of rotatable bonds is 7. The molecule has 4 aromatic rings. The zero-order valence-corrected chi connectivity index (χ0v) is 20.6. The number of H-pyrrole nitrogens is 1. The number of carbonyl (C=O) groups is 1. The van der Waals surface area contributed by atoms with Crippen LogP contribution in [0.15, 0.2) is 65.8 Å². The largest absolute Gasteiger partial charge is 0.379 e. The van der Waals surface area contributed by atoms with Crippen molar-refractivity contribution in [2.45, 2.75) is 10.9 Å². The molecule has 1 aliphatic rings. The van der Waals surface area contributed by atoms with Crippen molar-refractivity contribution in [1.82, 2.24) is 20.1 Å². The molecule has 1 saturated heterocycles. The van der Waals surface area contributed by atoms with E-state index < -0.39 is 22.0 Å². The third kappa shape index (κ3) is 4.78. The standard InChI is InChI=1S/C24H23ClN6O4S/c25-23-21(30-36(33,34)17-4-2-1-3-5-17)12-16(13-27-23)15-10-18(19-14-28-29-20(19)11-15)22(24(26)32)31-6-8-35-9-7-31/h1-5,10-14,22,30H,6-9H2,(H2,26,32)(H,28,29). The zero-order valence-electron chi connectivity index (χ0n) is 19.0. The van der Waals surface area contributed by atoms with Crippen LogP contribution in [0.3, 0.4) is 0 Å². The Morgan fingerprint density at radius 1 is 1.11 bits per heavy atom. The monoisotopic (exact) mass is 526 g/mol. The molecule has 0 bridgehead atoms.